The zero-order valence-corrected chi connectivity index (χ0v) is 17.7. The number of benzene rings is 2. The minimum absolute atomic E-state index is 0.367. The van der Waals surface area contributed by atoms with Gasteiger partial charge in [0.25, 0.3) is 0 Å². The highest BCUT2D eigenvalue weighted by atomic mass is 16.1. The van der Waals surface area contributed by atoms with E-state index in [1.165, 1.54) is 0 Å². The predicted octanol–water partition coefficient (Wildman–Crippen LogP) is 3.02. The molecule has 2 aromatic rings. The van der Waals surface area contributed by atoms with E-state index in [1.807, 2.05) is 95.0 Å². The van der Waals surface area contributed by atoms with Gasteiger partial charge < -0.3 is 21.3 Å². The molecule has 2 amide bonds. The van der Waals surface area contributed by atoms with Crippen LogP contribution in [0.3, 0.4) is 0 Å². The molecule has 0 saturated heterocycles. The van der Waals surface area contributed by atoms with Crippen molar-refractivity contribution in [3.8, 4) is 0 Å². The lowest BCUT2D eigenvalue weighted by Gasteiger charge is -2.33. The van der Waals surface area contributed by atoms with Gasteiger partial charge in [-0.3, -0.25) is 9.59 Å². The number of hydrogen-bond acceptors (Lipinski definition) is 4. The van der Waals surface area contributed by atoms with Crippen LogP contribution in [0.4, 0.5) is 0 Å². The molecule has 0 bridgehead atoms. The normalized spacial score (nSPS) is 20.0. The number of nitrogens with zero attached hydrogens (tertiary/aromatic N) is 2. The van der Waals surface area contributed by atoms with E-state index in [-0.39, 0.29) is 11.8 Å². The van der Waals surface area contributed by atoms with Crippen molar-refractivity contribution >= 4 is 11.8 Å². The van der Waals surface area contributed by atoms with Crippen LogP contribution in [0.2, 0.25) is 0 Å². The van der Waals surface area contributed by atoms with Crippen molar-refractivity contribution in [2.45, 2.75) is 13.1 Å². The molecule has 2 aromatic carbocycles. The summed E-state index contributed by atoms with van der Waals surface area (Å²) in [5, 5.41) is 0. The second-order valence-electron chi connectivity index (χ2n) is 7.95. The van der Waals surface area contributed by atoms with Crippen LogP contribution in [0.1, 0.15) is 11.1 Å². The summed E-state index contributed by atoms with van der Waals surface area (Å²) in [6, 6.07) is 19.9. The highest BCUT2D eigenvalue weighted by Crippen LogP contribution is 2.35. The Morgan fingerprint density at radius 2 is 1.03 bits per heavy atom. The summed E-state index contributed by atoms with van der Waals surface area (Å²) >= 11 is 0. The SMILES string of the molecule is NC(=O)C1=CN(Cc2ccccc2)C=CC1C1C=CN(Cc2ccccc2)C=C1C(N)=O. The average Bonchev–Trinajstić information content (AvgIpc) is 2.80. The van der Waals surface area contributed by atoms with E-state index in [0.29, 0.717) is 24.2 Å². The number of rotatable bonds is 7. The van der Waals surface area contributed by atoms with Crippen LogP contribution in [0.25, 0.3) is 0 Å². The second kappa shape index (κ2) is 9.39. The minimum Gasteiger partial charge on any atom is -0.366 e. The molecule has 2 aliphatic heterocycles. The summed E-state index contributed by atoms with van der Waals surface area (Å²) in [5.41, 5.74) is 14.6. The molecule has 2 atom stereocenters. The summed E-state index contributed by atoms with van der Waals surface area (Å²) < 4.78 is 0. The number of carbonyl (C=O) groups excluding carboxylic acids is 2. The third-order valence-electron chi connectivity index (χ3n) is 5.67. The van der Waals surface area contributed by atoms with Crippen LogP contribution >= 0.6 is 0 Å². The molecule has 162 valence electrons. The van der Waals surface area contributed by atoms with Crippen LogP contribution in [-0.2, 0) is 22.7 Å². The maximum Gasteiger partial charge on any atom is 0.246 e. The van der Waals surface area contributed by atoms with Gasteiger partial charge in [-0.05, 0) is 11.1 Å². The van der Waals surface area contributed by atoms with Gasteiger partial charge in [0.15, 0.2) is 0 Å². The summed E-state index contributed by atoms with van der Waals surface area (Å²) in [6.07, 6.45) is 11.2. The Hall–Kier alpha value is -4.06. The van der Waals surface area contributed by atoms with E-state index in [0.717, 1.165) is 11.1 Å². The fourth-order valence-corrected chi connectivity index (χ4v) is 4.10. The van der Waals surface area contributed by atoms with Gasteiger partial charge in [-0.2, -0.15) is 0 Å². The first-order chi connectivity index (χ1) is 15.5. The van der Waals surface area contributed by atoms with Gasteiger partial charge in [-0.25, -0.2) is 0 Å². The van der Waals surface area contributed by atoms with Crippen molar-refractivity contribution in [1.29, 1.82) is 0 Å². The standard InChI is InChI=1S/C26H26N4O2/c27-25(31)23-17-29(15-19-7-3-1-4-8-19)13-11-21(23)22-12-14-30(18-24(22)26(28)32)16-20-9-5-2-6-10-20/h1-14,17-18,21-22H,15-16H2,(H2,27,31)(H2,28,32). The third-order valence-corrected chi connectivity index (χ3v) is 5.67. The van der Waals surface area contributed by atoms with E-state index in [2.05, 4.69) is 0 Å². The summed E-state index contributed by atoms with van der Waals surface area (Å²) in [4.78, 5) is 28.5. The average molecular weight is 427 g/mol. The largest absolute Gasteiger partial charge is 0.366 e. The van der Waals surface area contributed by atoms with E-state index in [1.54, 1.807) is 12.4 Å². The van der Waals surface area contributed by atoms with Gasteiger partial charge in [0.2, 0.25) is 11.8 Å². The molecule has 2 aliphatic rings. The van der Waals surface area contributed by atoms with Gasteiger partial charge in [-0.1, -0.05) is 72.8 Å². The molecule has 4 N–H and O–H groups in total. The molecule has 2 unspecified atom stereocenters. The van der Waals surface area contributed by atoms with Gasteiger partial charge in [-0.15, -0.1) is 0 Å². The van der Waals surface area contributed by atoms with Crippen molar-refractivity contribution in [3.05, 3.63) is 120 Å². The summed E-state index contributed by atoms with van der Waals surface area (Å²) in [6.45, 7) is 1.23. The second-order valence-corrected chi connectivity index (χ2v) is 7.95. The highest BCUT2D eigenvalue weighted by Gasteiger charge is 2.33. The van der Waals surface area contributed by atoms with Gasteiger partial charge in [0.05, 0.1) is 0 Å². The predicted molar refractivity (Wildman–Crippen MR) is 124 cm³/mol. The molecule has 6 nitrogen and oxygen atoms in total. The molecule has 2 heterocycles. The zero-order valence-electron chi connectivity index (χ0n) is 17.7. The molecule has 0 fully saturated rings. The lowest BCUT2D eigenvalue weighted by Crippen LogP contribution is -2.35. The van der Waals surface area contributed by atoms with Gasteiger partial charge in [0, 0.05) is 60.9 Å². The maximum atomic E-state index is 12.3. The molecule has 0 saturated carbocycles. The molecule has 0 radical (unpaired) electrons. The van der Waals surface area contributed by atoms with Crippen LogP contribution < -0.4 is 11.5 Å². The van der Waals surface area contributed by atoms with Gasteiger partial charge in [0.1, 0.15) is 0 Å². The molecule has 6 heteroatoms. The van der Waals surface area contributed by atoms with Crippen LogP contribution in [-0.4, -0.2) is 21.6 Å². The number of primary amides is 2. The Morgan fingerprint density at radius 1 is 0.656 bits per heavy atom. The summed E-state index contributed by atoms with van der Waals surface area (Å²) in [7, 11) is 0. The molecule has 32 heavy (non-hydrogen) atoms. The van der Waals surface area contributed by atoms with Crippen molar-refractivity contribution < 1.29 is 9.59 Å². The van der Waals surface area contributed by atoms with Gasteiger partial charge >= 0.3 is 0 Å². The van der Waals surface area contributed by atoms with Crippen molar-refractivity contribution in [1.82, 2.24) is 9.80 Å². The lowest BCUT2D eigenvalue weighted by molar-refractivity contribution is -0.116. The number of hydrogen-bond donors (Lipinski definition) is 2. The van der Waals surface area contributed by atoms with E-state index < -0.39 is 11.8 Å². The number of nitrogens with two attached hydrogens (primary N) is 2. The van der Waals surface area contributed by atoms with Crippen LogP contribution in [0, 0.1) is 11.8 Å². The van der Waals surface area contributed by atoms with Crippen LogP contribution in [0.5, 0.6) is 0 Å². The molecule has 0 aliphatic carbocycles. The Morgan fingerprint density at radius 3 is 1.38 bits per heavy atom. The summed E-state index contributed by atoms with van der Waals surface area (Å²) in [5.74, 6) is -1.76. The van der Waals surface area contributed by atoms with Crippen molar-refractivity contribution in [2.75, 3.05) is 0 Å². The molecular weight excluding hydrogens is 400 g/mol. The quantitative estimate of drug-likeness (QED) is 0.712. The molecule has 4 rings (SSSR count). The molecule has 0 aromatic heterocycles. The zero-order chi connectivity index (χ0) is 22.5. The van der Waals surface area contributed by atoms with Crippen molar-refractivity contribution in [2.24, 2.45) is 23.3 Å². The monoisotopic (exact) mass is 426 g/mol. The third kappa shape index (κ3) is 4.81. The molecular formula is C26H26N4O2. The highest BCUT2D eigenvalue weighted by molar-refractivity contribution is 5.96. The first-order valence-electron chi connectivity index (χ1n) is 10.5. The Labute approximate surface area is 187 Å². The van der Waals surface area contributed by atoms with E-state index in [9.17, 15) is 9.59 Å². The van der Waals surface area contributed by atoms with Crippen LogP contribution in [0.15, 0.2) is 109 Å². The number of amides is 2. The van der Waals surface area contributed by atoms with Crippen molar-refractivity contribution in [3.63, 3.8) is 0 Å². The fourth-order valence-electron chi connectivity index (χ4n) is 4.10. The first-order valence-corrected chi connectivity index (χ1v) is 10.5. The lowest BCUT2D eigenvalue weighted by atomic mass is 9.78. The minimum atomic E-state index is -0.513. The fraction of sp³-hybridized carbons (Fsp3) is 0.154. The Bertz CT molecular complexity index is 1010. The smallest absolute Gasteiger partial charge is 0.246 e. The van der Waals surface area contributed by atoms with E-state index in [4.69, 9.17) is 11.5 Å². The molecule has 0 spiro atoms. The topological polar surface area (TPSA) is 92.7 Å². The first kappa shape index (κ1) is 21.2. The number of allylic oxidation sites excluding steroid dienone is 2. The maximum absolute atomic E-state index is 12.3. The number of carbonyl (C=O) groups is 2. The Kier molecular flexibility index (Phi) is 6.22. The Balaban J connectivity index is 1.56. The van der Waals surface area contributed by atoms with E-state index >= 15 is 0 Å².